The van der Waals surface area contributed by atoms with Gasteiger partial charge < -0.3 is 0 Å². The SMILES string of the molecule is CCCN(Cc1ccc(CCC(F)(F)C(F)(F)C(F)(F)C(F)(F)C(F)(F)C(F)(F)F)cc1)N=Nc1ccc(/C=C/c2ccc(/C=C/c3ccc(I)cc3)cc2)cc1. The van der Waals surface area contributed by atoms with Crippen LogP contribution in [0.25, 0.3) is 24.3 Å². The second-order valence-electron chi connectivity index (χ2n) is 12.9. The van der Waals surface area contributed by atoms with E-state index < -0.39 is 48.6 Å². The van der Waals surface area contributed by atoms with Crippen molar-refractivity contribution in [2.45, 2.75) is 68.5 Å². The van der Waals surface area contributed by atoms with Crippen molar-refractivity contribution in [3.05, 3.63) is 134 Å². The molecule has 0 fully saturated rings. The molecule has 0 spiro atoms. The van der Waals surface area contributed by atoms with Crippen LogP contribution >= 0.6 is 22.6 Å². The van der Waals surface area contributed by atoms with Crippen LogP contribution in [0, 0.1) is 3.57 Å². The fourth-order valence-electron chi connectivity index (χ4n) is 5.14. The molecule has 17 heteroatoms. The van der Waals surface area contributed by atoms with E-state index >= 15 is 0 Å². The number of alkyl halides is 13. The molecule has 0 radical (unpaired) electrons. The first-order chi connectivity index (χ1) is 26.5. The molecule has 4 aromatic rings. The first-order valence-electron chi connectivity index (χ1n) is 17.0. The lowest BCUT2D eigenvalue weighted by molar-refractivity contribution is -0.440. The van der Waals surface area contributed by atoms with Crippen LogP contribution in [0.15, 0.2) is 107 Å². The molecule has 0 saturated heterocycles. The summed E-state index contributed by atoms with van der Waals surface area (Å²) in [5, 5.41) is 10.0. The molecule has 0 aliphatic heterocycles. The van der Waals surface area contributed by atoms with Crippen molar-refractivity contribution in [1.29, 1.82) is 0 Å². The third-order valence-electron chi connectivity index (χ3n) is 8.52. The van der Waals surface area contributed by atoms with E-state index in [1.54, 1.807) is 17.1 Å². The maximum atomic E-state index is 14.2. The Kier molecular flexibility index (Phi) is 14.3. The minimum Gasteiger partial charge on any atom is -0.274 e. The van der Waals surface area contributed by atoms with Crippen molar-refractivity contribution < 1.29 is 57.1 Å². The standard InChI is InChI=1S/C40H33F13IN3/c1-2-25-57(56-55-34-21-17-30(18-22-34)10-8-28-5-3-27(4-6-28)7-9-29-15-19-33(54)20-16-29)26-32-13-11-31(12-14-32)23-24-35(41,42)36(43,44)37(45,46)38(47,48)39(49,50)40(51,52)53/h3-22H,2,23-26H2,1H3/b9-7+,10-8+,56-55?. The fourth-order valence-corrected chi connectivity index (χ4v) is 5.50. The number of nitrogens with zero attached hydrogens (tertiary/aromatic N) is 3. The lowest BCUT2D eigenvalue weighted by Crippen LogP contribution is -2.70. The zero-order chi connectivity index (χ0) is 42.3. The highest BCUT2D eigenvalue weighted by atomic mass is 127. The van der Waals surface area contributed by atoms with E-state index in [0.717, 1.165) is 38.0 Å². The number of hydrogen-bond acceptors (Lipinski definition) is 2. The van der Waals surface area contributed by atoms with Crippen molar-refractivity contribution in [2.75, 3.05) is 6.54 Å². The molecule has 0 aliphatic rings. The molecule has 57 heavy (non-hydrogen) atoms. The van der Waals surface area contributed by atoms with Crippen LogP contribution in [0.4, 0.5) is 62.8 Å². The Morgan fingerprint density at radius 3 is 1.37 bits per heavy atom. The molecular formula is C40H33F13IN3. The summed E-state index contributed by atoms with van der Waals surface area (Å²) in [6, 6.07) is 28.4. The lowest BCUT2D eigenvalue weighted by atomic mass is 9.91. The highest BCUT2D eigenvalue weighted by Gasteiger charge is 2.90. The van der Waals surface area contributed by atoms with E-state index in [9.17, 15) is 57.1 Å². The maximum Gasteiger partial charge on any atom is 0.460 e. The van der Waals surface area contributed by atoms with Gasteiger partial charge in [0.25, 0.3) is 0 Å². The van der Waals surface area contributed by atoms with Gasteiger partial charge in [-0.2, -0.15) is 57.1 Å². The molecule has 306 valence electrons. The number of halogens is 14. The van der Waals surface area contributed by atoms with Crippen molar-refractivity contribution in [3.8, 4) is 0 Å². The Labute approximate surface area is 333 Å². The molecule has 4 rings (SSSR count). The normalized spacial score (nSPS) is 13.7. The molecular weight excluding hydrogens is 896 g/mol. The molecule has 0 unspecified atom stereocenters. The van der Waals surface area contributed by atoms with Crippen LogP contribution in [-0.2, 0) is 13.0 Å². The van der Waals surface area contributed by atoms with E-state index in [1.165, 1.54) is 12.1 Å². The molecule has 0 aliphatic carbocycles. The molecule has 0 atom stereocenters. The van der Waals surface area contributed by atoms with Gasteiger partial charge in [-0.15, -0.1) is 5.11 Å². The Hall–Kier alpha value is -4.42. The first-order valence-corrected chi connectivity index (χ1v) is 18.1. The van der Waals surface area contributed by atoms with Crippen LogP contribution in [0.5, 0.6) is 0 Å². The number of hydrogen-bond donors (Lipinski definition) is 0. The van der Waals surface area contributed by atoms with Gasteiger partial charge in [-0.3, -0.25) is 5.01 Å². The first kappa shape index (κ1) is 45.3. The van der Waals surface area contributed by atoms with Gasteiger partial charge in [-0.05, 0) is 93.1 Å². The van der Waals surface area contributed by atoms with E-state index in [0.29, 0.717) is 24.2 Å². The summed E-state index contributed by atoms with van der Waals surface area (Å²) in [6.07, 6.45) is -2.27. The Morgan fingerprint density at radius 1 is 0.526 bits per heavy atom. The topological polar surface area (TPSA) is 28.0 Å². The van der Waals surface area contributed by atoms with Crippen molar-refractivity contribution in [2.24, 2.45) is 10.3 Å². The minimum absolute atomic E-state index is 0.127. The van der Waals surface area contributed by atoms with Gasteiger partial charge in [-0.25, -0.2) is 0 Å². The molecule has 3 nitrogen and oxygen atoms in total. The summed E-state index contributed by atoms with van der Waals surface area (Å²) in [4.78, 5) is 0. The summed E-state index contributed by atoms with van der Waals surface area (Å²) >= 11 is 2.26. The van der Waals surface area contributed by atoms with E-state index in [4.69, 9.17) is 0 Å². The van der Waals surface area contributed by atoms with Crippen molar-refractivity contribution >= 4 is 52.6 Å². The average molecular weight is 930 g/mol. The van der Waals surface area contributed by atoms with E-state index in [1.807, 2.05) is 91.9 Å². The second-order valence-corrected chi connectivity index (χ2v) is 14.1. The smallest absolute Gasteiger partial charge is 0.274 e. The van der Waals surface area contributed by atoms with Gasteiger partial charge in [0.05, 0.1) is 12.2 Å². The highest BCUT2D eigenvalue weighted by Crippen LogP contribution is 2.60. The lowest BCUT2D eigenvalue weighted by Gasteiger charge is -2.39. The Bertz CT molecular complexity index is 1990. The molecule has 0 N–H and O–H groups in total. The highest BCUT2D eigenvalue weighted by molar-refractivity contribution is 14.1. The van der Waals surface area contributed by atoms with Gasteiger partial charge in [-0.1, -0.05) is 109 Å². The molecule has 0 bridgehead atoms. The summed E-state index contributed by atoms with van der Waals surface area (Å²) in [5.41, 5.74) is 4.92. The second kappa shape index (κ2) is 18.0. The van der Waals surface area contributed by atoms with Gasteiger partial charge in [0.1, 0.15) is 0 Å². The summed E-state index contributed by atoms with van der Waals surface area (Å²) in [6.45, 7) is 2.41. The Morgan fingerprint density at radius 2 is 0.930 bits per heavy atom. The molecule has 4 aromatic carbocycles. The minimum atomic E-state index is -7.91. The van der Waals surface area contributed by atoms with Crippen LogP contribution < -0.4 is 0 Å². The number of aryl methyl sites for hydroxylation is 1. The fraction of sp³-hybridized carbons (Fsp3) is 0.300. The predicted octanol–water partition coefficient (Wildman–Crippen LogP) is 14.2. The molecule has 0 aromatic heterocycles. The summed E-state index contributed by atoms with van der Waals surface area (Å²) in [5.74, 6) is -36.9. The molecule has 0 amide bonds. The third-order valence-corrected chi connectivity index (χ3v) is 9.24. The van der Waals surface area contributed by atoms with Crippen molar-refractivity contribution in [3.63, 3.8) is 0 Å². The zero-order valence-corrected chi connectivity index (χ0v) is 31.9. The predicted molar refractivity (Wildman–Crippen MR) is 201 cm³/mol. The van der Waals surface area contributed by atoms with E-state index in [-0.39, 0.29) is 12.1 Å². The largest absolute Gasteiger partial charge is 0.460 e. The van der Waals surface area contributed by atoms with Crippen LogP contribution in [0.2, 0.25) is 0 Å². The maximum absolute atomic E-state index is 14.2. The average Bonchev–Trinajstić information content (AvgIpc) is 3.16. The van der Waals surface area contributed by atoms with Gasteiger partial charge in [0, 0.05) is 16.5 Å². The quantitative estimate of drug-likeness (QED) is 0.0341. The molecule has 0 saturated carbocycles. The van der Waals surface area contributed by atoms with E-state index in [2.05, 4.69) is 32.9 Å². The number of rotatable bonds is 17. The monoisotopic (exact) mass is 929 g/mol. The summed E-state index contributed by atoms with van der Waals surface area (Å²) < 4.78 is 176. The van der Waals surface area contributed by atoms with Crippen LogP contribution in [-0.4, -0.2) is 47.3 Å². The van der Waals surface area contributed by atoms with Gasteiger partial charge in [0.2, 0.25) is 0 Å². The molecule has 0 heterocycles. The Balaban J connectivity index is 1.33. The number of benzene rings is 4. The zero-order valence-electron chi connectivity index (χ0n) is 29.7. The van der Waals surface area contributed by atoms with Crippen molar-refractivity contribution in [1.82, 2.24) is 5.01 Å². The van der Waals surface area contributed by atoms with Gasteiger partial charge >= 0.3 is 35.8 Å². The van der Waals surface area contributed by atoms with Crippen LogP contribution in [0.3, 0.4) is 0 Å². The third kappa shape index (κ3) is 10.8. The van der Waals surface area contributed by atoms with Crippen LogP contribution in [0.1, 0.15) is 53.1 Å². The summed E-state index contributed by atoms with van der Waals surface area (Å²) in [7, 11) is 0. The van der Waals surface area contributed by atoms with Gasteiger partial charge in [0.15, 0.2) is 0 Å².